The van der Waals surface area contributed by atoms with Gasteiger partial charge in [0.05, 0.1) is 11.1 Å². The summed E-state index contributed by atoms with van der Waals surface area (Å²) in [5.74, 6) is -7.31. The second kappa shape index (κ2) is 5.10. The second-order valence-electron chi connectivity index (χ2n) is 5.13. The fourth-order valence-corrected chi connectivity index (χ4v) is 2.51. The Labute approximate surface area is 130 Å². The first-order valence-electron chi connectivity index (χ1n) is 6.46. The predicted molar refractivity (Wildman–Crippen MR) is 66.7 cm³/mol. The quantitative estimate of drug-likeness (QED) is 0.778. The van der Waals surface area contributed by atoms with Crippen molar-refractivity contribution in [1.29, 1.82) is 0 Å². The van der Waals surface area contributed by atoms with E-state index in [4.69, 9.17) is 4.74 Å². The van der Waals surface area contributed by atoms with Crippen molar-refractivity contribution in [2.75, 3.05) is 0 Å². The molecule has 0 heterocycles. The maximum atomic E-state index is 13.8. The largest absolute Gasteiger partial charge is 0.457 e. The average molecular weight is 352 g/mol. The van der Waals surface area contributed by atoms with Gasteiger partial charge in [-0.25, -0.2) is 8.78 Å². The second-order valence-corrected chi connectivity index (χ2v) is 5.13. The lowest BCUT2D eigenvalue weighted by Crippen LogP contribution is -2.38. The Hall–Kier alpha value is -2.29. The molecule has 0 spiro atoms. The van der Waals surface area contributed by atoms with Crippen molar-refractivity contribution >= 4 is 0 Å². The number of halogens is 7. The summed E-state index contributed by atoms with van der Waals surface area (Å²) in [5, 5.41) is 9.33. The molecule has 1 aliphatic carbocycles. The highest BCUT2D eigenvalue weighted by Crippen LogP contribution is 2.59. The van der Waals surface area contributed by atoms with E-state index in [-0.39, 0.29) is 0 Å². The normalized spacial score (nSPS) is 18.8. The van der Waals surface area contributed by atoms with Gasteiger partial charge in [0.15, 0.2) is 0 Å². The summed E-state index contributed by atoms with van der Waals surface area (Å²) in [5.41, 5.74) is -3.59. The van der Waals surface area contributed by atoms with E-state index in [0.717, 1.165) is 0 Å². The summed E-state index contributed by atoms with van der Waals surface area (Å²) in [6.07, 6.45) is -7.60. The first kappa shape index (κ1) is 16.6. The van der Waals surface area contributed by atoms with Crippen LogP contribution in [0.1, 0.15) is 22.8 Å². The number of benzene rings is 2. The van der Waals surface area contributed by atoms with Crippen LogP contribution in [-0.2, 0) is 12.1 Å². The molecule has 0 aromatic heterocycles. The molecule has 24 heavy (non-hydrogen) atoms. The Morgan fingerprint density at radius 2 is 1.58 bits per heavy atom. The minimum Gasteiger partial charge on any atom is -0.457 e. The van der Waals surface area contributed by atoms with Crippen LogP contribution in [0.5, 0.6) is 11.5 Å². The summed E-state index contributed by atoms with van der Waals surface area (Å²) in [4.78, 5) is 0. The number of aliphatic hydroxyl groups is 1. The van der Waals surface area contributed by atoms with Crippen molar-refractivity contribution in [3.63, 3.8) is 0 Å². The van der Waals surface area contributed by atoms with Gasteiger partial charge < -0.3 is 9.84 Å². The molecule has 1 aliphatic rings. The molecule has 0 amide bonds. The van der Waals surface area contributed by atoms with Crippen LogP contribution in [0.2, 0.25) is 0 Å². The van der Waals surface area contributed by atoms with Crippen LogP contribution in [0.3, 0.4) is 0 Å². The van der Waals surface area contributed by atoms with Crippen molar-refractivity contribution in [3.8, 4) is 11.5 Å². The van der Waals surface area contributed by atoms with E-state index >= 15 is 0 Å². The molecule has 0 bridgehead atoms. The molecule has 1 atom stereocenters. The topological polar surface area (TPSA) is 29.5 Å². The van der Waals surface area contributed by atoms with Crippen molar-refractivity contribution < 1.29 is 40.6 Å². The van der Waals surface area contributed by atoms with Crippen molar-refractivity contribution in [2.24, 2.45) is 0 Å². The number of hydrogen-bond donors (Lipinski definition) is 1. The number of ether oxygens (including phenoxy) is 1. The smallest absolute Gasteiger partial charge is 0.416 e. The van der Waals surface area contributed by atoms with Crippen molar-refractivity contribution in [3.05, 3.63) is 58.7 Å². The monoisotopic (exact) mass is 352 g/mol. The van der Waals surface area contributed by atoms with Crippen LogP contribution < -0.4 is 4.74 Å². The van der Waals surface area contributed by atoms with Crippen LogP contribution in [0.4, 0.5) is 30.7 Å². The molecule has 0 aliphatic heterocycles. The molecule has 1 N–H and O–H groups in total. The third-order valence-electron chi connectivity index (χ3n) is 3.53. The molecule has 9 heteroatoms. The van der Waals surface area contributed by atoms with E-state index in [1.54, 1.807) is 0 Å². The van der Waals surface area contributed by atoms with E-state index in [2.05, 4.69) is 0 Å². The Kier molecular flexibility index (Phi) is 3.52. The summed E-state index contributed by atoms with van der Waals surface area (Å²) in [6, 6.07) is 2.95. The van der Waals surface area contributed by atoms with Gasteiger partial charge in [0.1, 0.15) is 29.2 Å². The average Bonchev–Trinajstić information content (AvgIpc) is 2.43. The fourth-order valence-electron chi connectivity index (χ4n) is 2.51. The van der Waals surface area contributed by atoms with E-state index in [1.807, 2.05) is 0 Å². The van der Waals surface area contributed by atoms with Crippen LogP contribution in [0, 0.1) is 11.6 Å². The molecular formula is C15H7F7O2. The zero-order valence-electron chi connectivity index (χ0n) is 11.5. The molecule has 0 fully saturated rings. The highest BCUT2D eigenvalue weighted by atomic mass is 19.4. The Bertz CT molecular complexity index is 794. The van der Waals surface area contributed by atoms with Crippen LogP contribution in [0.15, 0.2) is 30.3 Å². The maximum Gasteiger partial charge on any atom is 0.416 e. The van der Waals surface area contributed by atoms with Gasteiger partial charge in [-0.2, -0.15) is 22.0 Å². The Morgan fingerprint density at radius 1 is 1.00 bits per heavy atom. The summed E-state index contributed by atoms with van der Waals surface area (Å²) < 4.78 is 97.2. The molecule has 2 nitrogen and oxygen atoms in total. The first-order valence-corrected chi connectivity index (χ1v) is 6.46. The van der Waals surface area contributed by atoms with E-state index < -0.39 is 58.0 Å². The SMILES string of the molecule is OC1c2c(C(F)(F)F)ccc(Oc3cc(F)cc(F)c3)c2C1(F)F. The van der Waals surface area contributed by atoms with Gasteiger partial charge in [-0.05, 0) is 12.1 Å². The lowest BCUT2D eigenvalue weighted by atomic mass is 9.77. The molecule has 0 saturated carbocycles. The van der Waals surface area contributed by atoms with Gasteiger partial charge in [0, 0.05) is 23.8 Å². The van der Waals surface area contributed by atoms with Gasteiger partial charge in [-0.1, -0.05) is 0 Å². The molecular weight excluding hydrogens is 345 g/mol. The van der Waals surface area contributed by atoms with Crippen LogP contribution in [-0.4, -0.2) is 5.11 Å². The highest BCUT2D eigenvalue weighted by molar-refractivity contribution is 5.58. The van der Waals surface area contributed by atoms with Crippen LogP contribution >= 0.6 is 0 Å². The summed E-state index contributed by atoms with van der Waals surface area (Å²) >= 11 is 0. The zero-order chi connectivity index (χ0) is 17.9. The molecule has 2 aromatic rings. The lowest BCUT2D eigenvalue weighted by Gasteiger charge is -2.38. The molecule has 3 rings (SSSR count). The van der Waals surface area contributed by atoms with E-state index in [9.17, 15) is 35.8 Å². The number of alkyl halides is 5. The highest BCUT2D eigenvalue weighted by Gasteiger charge is 2.59. The van der Waals surface area contributed by atoms with Crippen LogP contribution in [0.25, 0.3) is 0 Å². The van der Waals surface area contributed by atoms with Gasteiger partial charge in [-0.3, -0.25) is 0 Å². The molecule has 0 saturated heterocycles. The summed E-state index contributed by atoms with van der Waals surface area (Å²) in [6.45, 7) is 0. The molecule has 1 unspecified atom stereocenters. The van der Waals surface area contributed by atoms with E-state index in [1.165, 1.54) is 0 Å². The van der Waals surface area contributed by atoms with Gasteiger partial charge >= 0.3 is 12.1 Å². The number of fused-ring (bicyclic) bond motifs is 1. The van der Waals surface area contributed by atoms with Crippen molar-refractivity contribution in [1.82, 2.24) is 0 Å². The lowest BCUT2D eigenvalue weighted by molar-refractivity contribution is -0.165. The minimum atomic E-state index is -4.95. The van der Waals surface area contributed by atoms with Gasteiger partial charge in [-0.15, -0.1) is 0 Å². The predicted octanol–water partition coefficient (Wildman–Crippen LogP) is 4.91. The third-order valence-corrected chi connectivity index (χ3v) is 3.53. The number of rotatable bonds is 2. The Balaban J connectivity index is 2.11. The van der Waals surface area contributed by atoms with Gasteiger partial charge in [0.25, 0.3) is 0 Å². The third kappa shape index (κ3) is 2.48. The van der Waals surface area contributed by atoms with E-state index in [0.29, 0.717) is 30.3 Å². The number of hydrogen-bond acceptors (Lipinski definition) is 2. The minimum absolute atomic E-state index is 0.461. The maximum absolute atomic E-state index is 13.8. The zero-order valence-corrected chi connectivity index (χ0v) is 11.5. The van der Waals surface area contributed by atoms with Crippen molar-refractivity contribution in [2.45, 2.75) is 18.2 Å². The molecule has 128 valence electrons. The standard InChI is InChI=1S/C15H7F7O2/c16-6-3-7(17)5-8(4-6)24-10-2-1-9(15(20,21)22)11-12(10)14(18,19)13(11)23/h1-5,13,23H. The fraction of sp³-hybridized carbons (Fsp3) is 0.200. The number of aliphatic hydroxyl groups excluding tert-OH is 1. The molecule has 0 radical (unpaired) electrons. The first-order chi connectivity index (χ1) is 11.0. The Morgan fingerprint density at radius 3 is 2.12 bits per heavy atom. The summed E-state index contributed by atoms with van der Waals surface area (Å²) in [7, 11) is 0. The van der Waals surface area contributed by atoms with Gasteiger partial charge in [0.2, 0.25) is 0 Å². The molecule has 2 aromatic carbocycles.